The summed E-state index contributed by atoms with van der Waals surface area (Å²) in [6, 6.07) is 0.179. The molecule has 1 atom stereocenters. The number of hydrogen-bond acceptors (Lipinski definition) is 3. The molecule has 0 bridgehead atoms. The fourth-order valence-electron chi connectivity index (χ4n) is 1.52. The van der Waals surface area contributed by atoms with Crippen LogP contribution in [0, 0.1) is 5.92 Å². The molecule has 0 spiro atoms. The Morgan fingerprint density at radius 3 is 2.53 bits per heavy atom. The number of rotatable bonds is 6. The van der Waals surface area contributed by atoms with Crippen molar-refractivity contribution < 1.29 is 14.7 Å². The van der Waals surface area contributed by atoms with Crippen LogP contribution in [0.15, 0.2) is 0 Å². The van der Waals surface area contributed by atoms with Gasteiger partial charge in [0.2, 0.25) is 5.91 Å². The van der Waals surface area contributed by atoms with Gasteiger partial charge < -0.3 is 10.0 Å². The van der Waals surface area contributed by atoms with Gasteiger partial charge in [-0.15, -0.1) is 0 Å². The summed E-state index contributed by atoms with van der Waals surface area (Å²) in [5.41, 5.74) is 0. The molecule has 0 aliphatic heterocycles. The largest absolute Gasteiger partial charge is 0.480 e. The molecule has 86 valence electrons. The van der Waals surface area contributed by atoms with Crippen LogP contribution in [0.3, 0.4) is 0 Å². The Labute approximate surface area is 94.0 Å². The highest BCUT2D eigenvalue weighted by Crippen LogP contribution is 2.28. The van der Waals surface area contributed by atoms with Crippen molar-refractivity contribution in [3.63, 3.8) is 0 Å². The number of thioether (sulfide) groups is 1. The van der Waals surface area contributed by atoms with Crippen molar-refractivity contribution in [1.82, 2.24) is 4.90 Å². The molecule has 1 aliphatic rings. The lowest BCUT2D eigenvalue weighted by atomic mass is 10.2. The molecule has 0 radical (unpaired) electrons. The molecule has 1 N–H and O–H groups in total. The highest BCUT2D eigenvalue weighted by atomic mass is 32.2. The molecule has 1 fully saturated rings. The van der Waals surface area contributed by atoms with E-state index < -0.39 is 5.97 Å². The number of carbonyl (C=O) groups excluding carboxylic acids is 1. The first-order valence-corrected chi connectivity index (χ1v) is 6.46. The first-order valence-electron chi connectivity index (χ1n) is 5.07. The summed E-state index contributed by atoms with van der Waals surface area (Å²) >= 11 is 1.61. The Balaban J connectivity index is 2.54. The van der Waals surface area contributed by atoms with E-state index in [4.69, 9.17) is 5.11 Å². The molecule has 4 nitrogen and oxygen atoms in total. The Morgan fingerprint density at radius 2 is 2.13 bits per heavy atom. The lowest BCUT2D eigenvalue weighted by Gasteiger charge is -2.23. The summed E-state index contributed by atoms with van der Waals surface area (Å²) in [4.78, 5) is 24.0. The van der Waals surface area contributed by atoms with Gasteiger partial charge in [-0.05, 0) is 19.1 Å². The molecule has 0 aromatic carbocycles. The minimum atomic E-state index is -0.924. The molecule has 0 unspecified atom stereocenters. The van der Waals surface area contributed by atoms with Gasteiger partial charge in [0.25, 0.3) is 0 Å². The molecule has 5 heteroatoms. The van der Waals surface area contributed by atoms with Gasteiger partial charge in [0, 0.05) is 17.7 Å². The Kier molecular flexibility index (Phi) is 4.45. The highest BCUT2D eigenvalue weighted by molar-refractivity contribution is 7.98. The van der Waals surface area contributed by atoms with E-state index in [-0.39, 0.29) is 24.4 Å². The lowest BCUT2D eigenvalue weighted by Crippen LogP contribution is -2.41. The van der Waals surface area contributed by atoms with Gasteiger partial charge in [0.1, 0.15) is 6.54 Å². The maximum atomic E-state index is 11.9. The van der Waals surface area contributed by atoms with E-state index in [0.717, 1.165) is 18.6 Å². The molecule has 1 aliphatic carbocycles. The van der Waals surface area contributed by atoms with E-state index in [0.29, 0.717) is 0 Å². The molecule has 0 heterocycles. The number of carboxylic acid groups (broad SMARTS) is 1. The number of amides is 1. The number of carboxylic acids is 1. The predicted octanol–water partition coefficient (Wildman–Crippen LogP) is 1.06. The molecule has 1 rings (SSSR count). The normalized spacial score (nSPS) is 17.2. The third-order valence-corrected chi connectivity index (χ3v) is 3.25. The second-order valence-electron chi connectivity index (χ2n) is 3.95. The van der Waals surface area contributed by atoms with Gasteiger partial charge >= 0.3 is 5.97 Å². The van der Waals surface area contributed by atoms with Gasteiger partial charge in [-0.1, -0.05) is 6.92 Å². The molecule has 0 aromatic rings. The van der Waals surface area contributed by atoms with Gasteiger partial charge in [0.15, 0.2) is 0 Å². The van der Waals surface area contributed by atoms with Crippen LogP contribution in [0.5, 0.6) is 0 Å². The molecule has 1 saturated carbocycles. The zero-order valence-corrected chi connectivity index (χ0v) is 9.92. The SMILES string of the molecule is CSC[C@H](C)C(=O)N(CC(=O)O)C1CC1. The maximum Gasteiger partial charge on any atom is 0.323 e. The van der Waals surface area contributed by atoms with E-state index in [2.05, 4.69) is 0 Å². The fourth-order valence-corrected chi connectivity index (χ4v) is 2.17. The predicted molar refractivity (Wildman–Crippen MR) is 59.9 cm³/mol. The van der Waals surface area contributed by atoms with E-state index in [9.17, 15) is 9.59 Å². The third-order valence-electron chi connectivity index (χ3n) is 2.41. The molecule has 15 heavy (non-hydrogen) atoms. The highest BCUT2D eigenvalue weighted by Gasteiger charge is 2.35. The summed E-state index contributed by atoms with van der Waals surface area (Å²) in [5, 5.41) is 8.72. The van der Waals surface area contributed by atoms with E-state index >= 15 is 0 Å². The van der Waals surface area contributed by atoms with Crippen molar-refractivity contribution in [2.24, 2.45) is 5.92 Å². The topological polar surface area (TPSA) is 57.6 Å². The Hall–Kier alpha value is -0.710. The molecular formula is C10H17NO3S. The average Bonchev–Trinajstić information content (AvgIpc) is 2.96. The standard InChI is InChI=1S/C10H17NO3S/c1-7(6-15-2)10(14)11(5-9(12)13)8-3-4-8/h7-8H,3-6H2,1-2H3,(H,12,13)/t7-/m0/s1. The fraction of sp³-hybridized carbons (Fsp3) is 0.800. The van der Waals surface area contributed by atoms with Crippen molar-refractivity contribution in [3.8, 4) is 0 Å². The summed E-state index contributed by atoms with van der Waals surface area (Å²) in [7, 11) is 0. The molecular weight excluding hydrogens is 214 g/mol. The van der Waals surface area contributed by atoms with Crippen molar-refractivity contribution in [2.45, 2.75) is 25.8 Å². The first-order chi connectivity index (χ1) is 7.06. The summed E-state index contributed by atoms with van der Waals surface area (Å²) < 4.78 is 0. The minimum absolute atomic E-state index is 0.0192. The van der Waals surface area contributed by atoms with Crippen LogP contribution < -0.4 is 0 Å². The van der Waals surface area contributed by atoms with Crippen molar-refractivity contribution in [1.29, 1.82) is 0 Å². The Bertz CT molecular complexity index is 253. The molecule has 1 amide bonds. The summed E-state index contributed by atoms with van der Waals surface area (Å²) in [6.07, 6.45) is 3.85. The zero-order valence-electron chi connectivity index (χ0n) is 9.10. The van der Waals surface area contributed by atoms with Gasteiger partial charge in [-0.25, -0.2) is 0 Å². The van der Waals surface area contributed by atoms with Crippen LogP contribution in [0.4, 0.5) is 0 Å². The number of nitrogens with zero attached hydrogens (tertiary/aromatic N) is 1. The number of aliphatic carboxylic acids is 1. The van der Waals surface area contributed by atoms with Crippen molar-refractivity contribution in [2.75, 3.05) is 18.6 Å². The van der Waals surface area contributed by atoms with Crippen molar-refractivity contribution in [3.05, 3.63) is 0 Å². The van der Waals surface area contributed by atoms with Crippen LogP contribution in [-0.2, 0) is 9.59 Å². The van der Waals surface area contributed by atoms with E-state index in [1.165, 1.54) is 4.90 Å². The number of carbonyl (C=O) groups is 2. The maximum absolute atomic E-state index is 11.9. The summed E-state index contributed by atoms with van der Waals surface area (Å²) in [5.74, 6) is -0.275. The van der Waals surface area contributed by atoms with E-state index in [1.54, 1.807) is 11.8 Å². The first kappa shape index (κ1) is 12.4. The quantitative estimate of drug-likeness (QED) is 0.742. The Morgan fingerprint density at radius 1 is 1.53 bits per heavy atom. The number of hydrogen-bond donors (Lipinski definition) is 1. The smallest absolute Gasteiger partial charge is 0.323 e. The average molecular weight is 231 g/mol. The van der Waals surface area contributed by atoms with Crippen molar-refractivity contribution >= 4 is 23.6 Å². The van der Waals surface area contributed by atoms with Crippen LogP contribution in [0.1, 0.15) is 19.8 Å². The minimum Gasteiger partial charge on any atom is -0.480 e. The zero-order chi connectivity index (χ0) is 11.4. The van der Waals surface area contributed by atoms with Crippen LogP contribution in [-0.4, -0.2) is 46.5 Å². The van der Waals surface area contributed by atoms with E-state index in [1.807, 2.05) is 13.2 Å². The van der Waals surface area contributed by atoms with Gasteiger partial charge in [0.05, 0.1) is 0 Å². The second kappa shape index (κ2) is 5.39. The van der Waals surface area contributed by atoms with Gasteiger partial charge in [-0.3, -0.25) is 9.59 Å². The van der Waals surface area contributed by atoms with Crippen LogP contribution in [0.25, 0.3) is 0 Å². The monoisotopic (exact) mass is 231 g/mol. The lowest BCUT2D eigenvalue weighted by molar-refractivity contribution is -0.146. The molecule has 0 aromatic heterocycles. The van der Waals surface area contributed by atoms with Gasteiger partial charge in [-0.2, -0.15) is 11.8 Å². The second-order valence-corrected chi connectivity index (χ2v) is 4.86. The summed E-state index contributed by atoms with van der Waals surface area (Å²) in [6.45, 7) is 1.71. The third kappa shape index (κ3) is 3.74. The molecule has 0 saturated heterocycles. The van der Waals surface area contributed by atoms with Crippen LogP contribution in [0.2, 0.25) is 0 Å². The van der Waals surface area contributed by atoms with Crippen LogP contribution >= 0.6 is 11.8 Å².